The molecular weight excluding hydrogens is 386 g/mol. The molecule has 0 aliphatic rings. The number of rotatable bonds is 19. The molecule has 1 aromatic carbocycles. The lowest BCUT2D eigenvalue weighted by Gasteiger charge is -2.09. The molecule has 170 valence electrons. The van der Waals surface area contributed by atoms with E-state index >= 15 is 0 Å². The Morgan fingerprint density at radius 2 is 1.57 bits per heavy atom. The summed E-state index contributed by atoms with van der Waals surface area (Å²) in [5.74, 6) is -0.646. The lowest BCUT2D eigenvalue weighted by atomic mass is 10.0. The monoisotopic (exact) mass is 423 g/mol. The van der Waals surface area contributed by atoms with Gasteiger partial charge >= 0.3 is 5.97 Å². The van der Waals surface area contributed by atoms with Crippen LogP contribution in [0.2, 0.25) is 0 Å². The topological polar surface area (TPSA) is 94.1 Å². The van der Waals surface area contributed by atoms with Crippen LogP contribution in [0.5, 0.6) is 5.75 Å². The highest BCUT2D eigenvalue weighted by molar-refractivity contribution is 5.77. The first kappa shape index (κ1) is 25.9. The number of amides is 1. The molecule has 7 heteroatoms. The Bertz CT molecular complexity index is 576. The van der Waals surface area contributed by atoms with E-state index in [1.807, 2.05) is 12.1 Å². The number of ether oxygens (including phenoxy) is 3. The zero-order valence-corrected chi connectivity index (χ0v) is 18.2. The van der Waals surface area contributed by atoms with Crippen LogP contribution in [0.15, 0.2) is 24.3 Å². The molecule has 0 saturated heterocycles. The molecule has 0 aromatic heterocycles. The van der Waals surface area contributed by atoms with E-state index in [4.69, 9.17) is 14.6 Å². The van der Waals surface area contributed by atoms with E-state index in [0.29, 0.717) is 26.4 Å². The molecule has 0 aliphatic carbocycles. The summed E-state index contributed by atoms with van der Waals surface area (Å²) in [4.78, 5) is 21.6. The third-order valence-corrected chi connectivity index (χ3v) is 4.52. The Kier molecular flexibility index (Phi) is 15.3. The van der Waals surface area contributed by atoms with Crippen LogP contribution in [0, 0.1) is 0 Å². The van der Waals surface area contributed by atoms with Crippen molar-refractivity contribution in [2.75, 3.05) is 39.6 Å². The highest BCUT2D eigenvalue weighted by atomic mass is 16.5. The molecule has 0 fully saturated rings. The molecule has 7 nitrogen and oxygen atoms in total. The zero-order chi connectivity index (χ0) is 21.9. The predicted molar refractivity (Wildman–Crippen MR) is 116 cm³/mol. The Morgan fingerprint density at radius 1 is 0.867 bits per heavy atom. The van der Waals surface area contributed by atoms with Gasteiger partial charge in [0.1, 0.15) is 25.6 Å². The van der Waals surface area contributed by atoms with Crippen molar-refractivity contribution in [1.82, 2.24) is 5.32 Å². The molecule has 0 atom stereocenters. The smallest absolute Gasteiger partial charge is 0.329 e. The van der Waals surface area contributed by atoms with Crippen LogP contribution < -0.4 is 10.1 Å². The fourth-order valence-corrected chi connectivity index (χ4v) is 2.90. The standard InChI is InChI=1S/C23H37NO6/c1-2-3-4-5-6-7-8-9-20-10-12-21(13-11-20)30-17-16-28-15-14-24-22(25)18-29-19-23(26)27/h10-13H,2-9,14-19H2,1H3,(H,24,25)(H,26,27). The molecule has 1 rings (SSSR count). The number of hydrogen-bond acceptors (Lipinski definition) is 5. The fraction of sp³-hybridized carbons (Fsp3) is 0.652. The van der Waals surface area contributed by atoms with Crippen LogP contribution in [-0.2, 0) is 25.5 Å². The number of carboxylic acid groups (broad SMARTS) is 1. The quantitative estimate of drug-likeness (QED) is 0.330. The Labute approximate surface area is 180 Å². The third-order valence-electron chi connectivity index (χ3n) is 4.52. The van der Waals surface area contributed by atoms with Gasteiger partial charge in [0.25, 0.3) is 0 Å². The molecule has 0 aliphatic heterocycles. The molecule has 1 aromatic rings. The van der Waals surface area contributed by atoms with Gasteiger partial charge in [0.15, 0.2) is 0 Å². The van der Waals surface area contributed by atoms with Crippen LogP contribution in [0.25, 0.3) is 0 Å². The van der Waals surface area contributed by atoms with Crippen molar-refractivity contribution in [3.8, 4) is 5.75 Å². The van der Waals surface area contributed by atoms with Gasteiger partial charge in [-0.05, 0) is 30.5 Å². The number of aryl methyl sites for hydroxylation is 1. The summed E-state index contributed by atoms with van der Waals surface area (Å²) in [6.45, 7) is 3.03. The first-order chi connectivity index (χ1) is 14.6. The van der Waals surface area contributed by atoms with E-state index in [9.17, 15) is 9.59 Å². The molecule has 0 unspecified atom stereocenters. The van der Waals surface area contributed by atoms with Crippen LogP contribution >= 0.6 is 0 Å². The second-order valence-electron chi connectivity index (χ2n) is 7.21. The highest BCUT2D eigenvalue weighted by Crippen LogP contribution is 2.15. The van der Waals surface area contributed by atoms with Gasteiger partial charge in [0, 0.05) is 6.54 Å². The minimum Gasteiger partial charge on any atom is -0.491 e. The average molecular weight is 424 g/mol. The average Bonchev–Trinajstić information content (AvgIpc) is 2.73. The van der Waals surface area contributed by atoms with Gasteiger partial charge in [-0.2, -0.15) is 0 Å². The van der Waals surface area contributed by atoms with E-state index < -0.39 is 12.6 Å². The summed E-state index contributed by atoms with van der Waals surface area (Å²) in [6.07, 6.45) is 10.4. The summed E-state index contributed by atoms with van der Waals surface area (Å²) < 4.78 is 15.7. The van der Waals surface area contributed by atoms with Gasteiger partial charge in [-0.25, -0.2) is 4.79 Å². The van der Waals surface area contributed by atoms with Crippen molar-refractivity contribution < 1.29 is 28.9 Å². The second kappa shape index (κ2) is 17.7. The van der Waals surface area contributed by atoms with Crippen molar-refractivity contribution in [2.45, 2.75) is 58.3 Å². The number of carboxylic acids is 1. The zero-order valence-electron chi connectivity index (χ0n) is 18.2. The number of aliphatic carboxylic acids is 1. The summed E-state index contributed by atoms with van der Waals surface area (Å²) in [5, 5.41) is 11.0. The minimum absolute atomic E-state index is 0.273. The first-order valence-electron chi connectivity index (χ1n) is 11.0. The van der Waals surface area contributed by atoms with Crippen LogP contribution in [0.4, 0.5) is 0 Å². The van der Waals surface area contributed by atoms with Crippen LogP contribution in [0.3, 0.4) is 0 Å². The maximum absolute atomic E-state index is 11.4. The predicted octanol–water partition coefficient (Wildman–Crippen LogP) is 3.59. The summed E-state index contributed by atoms with van der Waals surface area (Å²) in [7, 11) is 0. The van der Waals surface area contributed by atoms with Gasteiger partial charge in [-0.1, -0.05) is 57.6 Å². The van der Waals surface area contributed by atoms with Crippen molar-refractivity contribution in [2.24, 2.45) is 0 Å². The van der Waals surface area contributed by atoms with Gasteiger partial charge in [-0.3, -0.25) is 4.79 Å². The van der Waals surface area contributed by atoms with Crippen molar-refractivity contribution in [1.29, 1.82) is 0 Å². The van der Waals surface area contributed by atoms with E-state index in [1.165, 1.54) is 50.5 Å². The number of carbonyl (C=O) groups excluding carboxylic acids is 1. The Hall–Kier alpha value is -2.12. The molecule has 2 N–H and O–H groups in total. The Morgan fingerprint density at radius 3 is 2.27 bits per heavy atom. The number of hydrogen-bond donors (Lipinski definition) is 2. The lowest BCUT2D eigenvalue weighted by molar-refractivity contribution is -0.143. The summed E-state index contributed by atoms with van der Waals surface area (Å²) >= 11 is 0. The largest absolute Gasteiger partial charge is 0.491 e. The first-order valence-corrected chi connectivity index (χ1v) is 11.0. The molecule has 0 radical (unpaired) electrons. The molecule has 0 bridgehead atoms. The van der Waals surface area contributed by atoms with E-state index in [2.05, 4.69) is 29.1 Å². The molecule has 30 heavy (non-hydrogen) atoms. The van der Waals surface area contributed by atoms with Crippen molar-refractivity contribution >= 4 is 11.9 Å². The molecule has 0 heterocycles. The minimum atomic E-state index is -1.10. The highest BCUT2D eigenvalue weighted by Gasteiger charge is 2.03. The number of benzene rings is 1. The fourth-order valence-electron chi connectivity index (χ4n) is 2.90. The number of nitrogens with one attached hydrogen (secondary N) is 1. The number of unbranched alkanes of at least 4 members (excludes halogenated alkanes) is 6. The van der Waals surface area contributed by atoms with Gasteiger partial charge < -0.3 is 24.6 Å². The van der Waals surface area contributed by atoms with E-state index in [0.717, 1.165) is 12.2 Å². The van der Waals surface area contributed by atoms with E-state index in [1.54, 1.807) is 0 Å². The number of carbonyl (C=O) groups is 2. The van der Waals surface area contributed by atoms with Crippen LogP contribution in [0.1, 0.15) is 57.4 Å². The van der Waals surface area contributed by atoms with Crippen molar-refractivity contribution in [3.63, 3.8) is 0 Å². The molecular formula is C23H37NO6. The Balaban J connectivity index is 1.98. The summed E-state index contributed by atoms with van der Waals surface area (Å²) in [5.41, 5.74) is 1.34. The van der Waals surface area contributed by atoms with Gasteiger partial charge in [0.2, 0.25) is 5.91 Å². The maximum atomic E-state index is 11.4. The van der Waals surface area contributed by atoms with Gasteiger partial charge in [-0.15, -0.1) is 0 Å². The molecule has 1 amide bonds. The molecule has 0 saturated carbocycles. The molecule has 0 spiro atoms. The summed E-state index contributed by atoms with van der Waals surface area (Å²) in [6, 6.07) is 8.23. The van der Waals surface area contributed by atoms with Crippen LogP contribution in [-0.4, -0.2) is 56.6 Å². The SMILES string of the molecule is CCCCCCCCCc1ccc(OCCOCCNC(=O)COCC(=O)O)cc1. The third kappa shape index (κ3) is 14.8. The normalized spacial score (nSPS) is 10.7. The van der Waals surface area contributed by atoms with Gasteiger partial charge in [0.05, 0.1) is 13.2 Å². The lowest BCUT2D eigenvalue weighted by Crippen LogP contribution is -2.31. The van der Waals surface area contributed by atoms with E-state index in [-0.39, 0.29) is 12.5 Å². The second-order valence-corrected chi connectivity index (χ2v) is 7.21. The van der Waals surface area contributed by atoms with Crippen molar-refractivity contribution in [3.05, 3.63) is 29.8 Å². The maximum Gasteiger partial charge on any atom is 0.329 e.